The summed E-state index contributed by atoms with van der Waals surface area (Å²) in [6.45, 7) is 0. The van der Waals surface area contributed by atoms with E-state index in [1.54, 1.807) is 19.3 Å². The highest BCUT2D eigenvalue weighted by atomic mass is 16.1. The van der Waals surface area contributed by atoms with E-state index in [4.69, 9.17) is 0 Å². The Morgan fingerprint density at radius 2 is 2.13 bits per heavy atom. The van der Waals surface area contributed by atoms with Crippen LogP contribution < -0.4 is 5.32 Å². The van der Waals surface area contributed by atoms with E-state index in [-0.39, 0.29) is 5.91 Å². The molecule has 0 aromatic carbocycles. The fourth-order valence-electron chi connectivity index (χ4n) is 1.34. The van der Waals surface area contributed by atoms with Crippen LogP contribution in [0, 0.1) is 0 Å². The average molecular weight is 201 g/mol. The summed E-state index contributed by atoms with van der Waals surface area (Å²) in [4.78, 5) is 15.3. The van der Waals surface area contributed by atoms with E-state index >= 15 is 0 Å². The van der Waals surface area contributed by atoms with Crippen LogP contribution in [0.3, 0.4) is 0 Å². The van der Waals surface area contributed by atoms with Gasteiger partial charge in [0, 0.05) is 31.3 Å². The smallest absolute Gasteiger partial charge is 0.269 e. The molecule has 2 rings (SSSR count). The van der Waals surface area contributed by atoms with Crippen LogP contribution in [-0.4, -0.2) is 22.5 Å². The lowest BCUT2D eigenvalue weighted by atomic mass is 10.3. The Morgan fingerprint density at radius 1 is 1.40 bits per heavy atom. The van der Waals surface area contributed by atoms with Crippen molar-refractivity contribution >= 4 is 5.91 Å². The molecule has 1 amide bonds. The number of carbonyl (C=O) groups is 1. The molecule has 1 N–H and O–H groups in total. The molecule has 4 nitrogen and oxygen atoms in total. The summed E-state index contributed by atoms with van der Waals surface area (Å²) in [6.07, 6.45) is 5.46. The van der Waals surface area contributed by atoms with E-state index in [0.29, 0.717) is 5.69 Å². The lowest BCUT2D eigenvalue weighted by molar-refractivity contribution is 0.0958. The summed E-state index contributed by atoms with van der Waals surface area (Å²) in [7, 11) is 1.59. The fourth-order valence-corrected chi connectivity index (χ4v) is 1.34. The zero-order valence-electron chi connectivity index (χ0n) is 8.34. The van der Waals surface area contributed by atoms with E-state index in [2.05, 4.69) is 10.3 Å². The number of rotatable bonds is 2. The number of hydrogen-bond donors (Lipinski definition) is 1. The van der Waals surface area contributed by atoms with Crippen molar-refractivity contribution in [3.05, 3.63) is 48.5 Å². The Morgan fingerprint density at radius 3 is 2.80 bits per heavy atom. The van der Waals surface area contributed by atoms with Crippen molar-refractivity contribution in [2.75, 3.05) is 7.05 Å². The standard InChI is InChI=1S/C11H11N3O/c1-12-11(15)10-8-9(4-5-13-10)14-6-2-3-7-14/h2-8H,1H3,(H,12,15). The predicted octanol–water partition coefficient (Wildman–Crippen LogP) is 1.23. The quantitative estimate of drug-likeness (QED) is 0.794. The summed E-state index contributed by atoms with van der Waals surface area (Å²) < 4.78 is 1.92. The van der Waals surface area contributed by atoms with E-state index < -0.39 is 0 Å². The normalized spacial score (nSPS) is 9.93. The Labute approximate surface area is 87.6 Å². The SMILES string of the molecule is CNC(=O)c1cc(-n2cccc2)ccn1. The minimum absolute atomic E-state index is 0.177. The van der Waals surface area contributed by atoms with Crippen molar-refractivity contribution in [2.24, 2.45) is 0 Å². The third-order valence-corrected chi connectivity index (χ3v) is 2.11. The van der Waals surface area contributed by atoms with Gasteiger partial charge < -0.3 is 9.88 Å². The van der Waals surface area contributed by atoms with E-state index in [1.165, 1.54) is 0 Å². The first-order valence-electron chi connectivity index (χ1n) is 4.63. The van der Waals surface area contributed by atoms with Gasteiger partial charge in [-0.2, -0.15) is 0 Å². The maximum absolute atomic E-state index is 11.4. The summed E-state index contributed by atoms with van der Waals surface area (Å²) in [5, 5.41) is 2.54. The highest BCUT2D eigenvalue weighted by Crippen LogP contribution is 2.08. The lowest BCUT2D eigenvalue weighted by Gasteiger charge is -2.04. The molecule has 0 saturated carbocycles. The molecule has 0 saturated heterocycles. The molecule has 0 unspecified atom stereocenters. The van der Waals surface area contributed by atoms with Gasteiger partial charge in [0.1, 0.15) is 5.69 Å². The summed E-state index contributed by atoms with van der Waals surface area (Å²) in [6, 6.07) is 7.46. The molecule has 2 aromatic heterocycles. The largest absolute Gasteiger partial charge is 0.354 e. The van der Waals surface area contributed by atoms with Crippen molar-refractivity contribution in [3.63, 3.8) is 0 Å². The molecule has 0 aliphatic heterocycles. The van der Waals surface area contributed by atoms with Crippen LogP contribution in [0.25, 0.3) is 5.69 Å². The maximum atomic E-state index is 11.4. The van der Waals surface area contributed by atoms with Crippen LogP contribution in [0.5, 0.6) is 0 Å². The molecular formula is C11H11N3O. The second-order valence-electron chi connectivity index (χ2n) is 3.07. The van der Waals surface area contributed by atoms with Crippen LogP contribution in [0.1, 0.15) is 10.5 Å². The second-order valence-corrected chi connectivity index (χ2v) is 3.07. The molecular weight excluding hydrogens is 190 g/mol. The molecule has 2 aromatic rings. The van der Waals surface area contributed by atoms with Gasteiger partial charge in [-0.15, -0.1) is 0 Å². The van der Waals surface area contributed by atoms with Gasteiger partial charge in [-0.05, 0) is 24.3 Å². The van der Waals surface area contributed by atoms with Gasteiger partial charge >= 0.3 is 0 Å². The second kappa shape index (κ2) is 3.96. The average Bonchev–Trinajstić information content (AvgIpc) is 2.82. The number of carbonyl (C=O) groups excluding carboxylic acids is 1. The van der Waals surface area contributed by atoms with Crippen LogP contribution in [0.4, 0.5) is 0 Å². The summed E-state index contributed by atoms with van der Waals surface area (Å²) in [5.74, 6) is -0.177. The third kappa shape index (κ3) is 1.88. The number of amides is 1. The number of nitrogens with one attached hydrogen (secondary N) is 1. The molecule has 0 atom stereocenters. The first-order chi connectivity index (χ1) is 7.31. The van der Waals surface area contributed by atoms with E-state index in [0.717, 1.165) is 5.69 Å². The number of pyridine rings is 1. The van der Waals surface area contributed by atoms with Crippen molar-refractivity contribution in [3.8, 4) is 5.69 Å². The fraction of sp³-hybridized carbons (Fsp3) is 0.0909. The minimum atomic E-state index is -0.177. The van der Waals surface area contributed by atoms with Gasteiger partial charge in [-0.1, -0.05) is 0 Å². The highest BCUT2D eigenvalue weighted by molar-refractivity contribution is 5.92. The van der Waals surface area contributed by atoms with Gasteiger partial charge in [0.15, 0.2) is 0 Å². The monoisotopic (exact) mass is 201 g/mol. The Hall–Kier alpha value is -2.10. The molecule has 2 heterocycles. The van der Waals surface area contributed by atoms with Gasteiger partial charge in [0.25, 0.3) is 5.91 Å². The van der Waals surface area contributed by atoms with Gasteiger partial charge in [-0.25, -0.2) is 0 Å². The number of hydrogen-bond acceptors (Lipinski definition) is 2. The van der Waals surface area contributed by atoms with Crippen molar-refractivity contribution in [2.45, 2.75) is 0 Å². The molecule has 4 heteroatoms. The summed E-state index contributed by atoms with van der Waals surface area (Å²) in [5.41, 5.74) is 1.34. The Kier molecular flexibility index (Phi) is 2.49. The van der Waals surface area contributed by atoms with Gasteiger partial charge in [-0.3, -0.25) is 9.78 Å². The first kappa shape index (κ1) is 9.45. The lowest BCUT2D eigenvalue weighted by Crippen LogP contribution is -2.19. The van der Waals surface area contributed by atoms with Crippen molar-refractivity contribution < 1.29 is 4.79 Å². The molecule has 15 heavy (non-hydrogen) atoms. The predicted molar refractivity (Wildman–Crippen MR) is 57.0 cm³/mol. The molecule has 0 spiro atoms. The van der Waals surface area contributed by atoms with Gasteiger partial charge in [0.2, 0.25) is 0 Å². The van der Waals surface area contributed by atoms with Crippen LogP contribution >= 0.6 is 0 Å². The Balaban J connectivity index is 2.39. The van der Waals surface area contributed by atoms with Crippen LogP contribution in [-0.2, 0) is 0 Å². The minimum Gasteiger partial charge on any atom is -0.354 e. The van der Waals surface area contributed by atoms with Crippen LogP contribution in [0.15, 0.2) is 42.9 Å². The summed E-state index contributed by atoms with van der Waals surface area (Å²) >= 11 is 0. The van der Waals surface area contributed by atoms with Crippen molar-refractivity contribution in [1.82, 2.24) is 14.9 Å². The molecule has 76 valence electrons. The maximum Gasteiger partial charge on any atom is 0.269 e. The third-order valence-electron chi connectivity index (χ3n) is 2.11. The zero-order valence-corrected chi connectivity index (χ0v) is 8.34. The van der Waals surface area contributed by atoms with Crippen LogP contribution in [0.2, 0.25) is 0 Å². The van der Waals surface area contributed by atoms with E-state index in [9.17, 15) is 4.79 Å². The number of nitrogens with zero attached hydrogens (tertiary/aromatic N) is 2. The van der Waals surface area contributed by atoms with E-state index in [1.807, 2.05) is 35.2 Å². The molecule has 0 aliphatic carbocycles. The van der Waals surface area contributed by atoms with Crippen molar-refractivity contribution in [1.29, 1.82) is 0 Å². The molecule has 0 aliphatic rings. The topological polar surface area (TPSA) is 46.9 Å². The first-order valence-corrected chi connectivity index (χ1v) is 4.63. The molecule has 0 bridgehead atoms. The van der Waals surface area contributed by atoms with Gasteiger partial charge in [0.05, 0.1) is 0 Å². The zero-order chi connectivity index (χ0) is 10.7. The molecule has 0 radical (unpaired) electrons. The number of aromatic nitrogens is 2. The Bertz CT molecular complexity index is 462. The highest BCUT2D eigenvalue weighted by Gasteiger charge is 2.05. The molecule has 0 fully saturated rings.